The molecule has 0 spiro atoms. The molecule has 2 nitrogen and oxygen atoms in total. The monoisotopic (exact) mass is 246 g/mol. The summed E-state index contributed by atoms with van der Waals surface area (Å²) in [5, 5.41) is 0. The van der Waals surface area contributed by atoms with Crippen LogP contribution < -0.4 is 10.6 Å². The van der Waals surface area contributed by atoms with Crippen LogP contribution in [0.1, 0.15) is 45.2 Å². The molecule has 1 aromatic carbocycles. The van der Waals surface area contributed by atoms with Crippen molar-refractivity contribution < 1.29 is 0 Å². The van der Waals surface area contributed by atoms with Gasteiger partial charge in [0.05, 0.1) is 0 Å². The van der Waals surface area contributed by atoms with Gasteiger partial charge in [0.1, 0.15) is 0 Å². The van der Waals surface area contributed by atoms with Crippen LogP contribution in [-0.4, -0.2) is 13.1 Å². The summed E-state index contributed by atoms with van der Waals surface area (Å²) in [6, 6.07) is 8.81. The van der Waals surface area contributed by atoms with Crippen molar-refractivity contribution in [3.05, 3.63) is 29.8 Å². The molecule has 1 unspecified atom stereocenters. The molecule has 18 heavy (non-hydrogen) atoms. The van der Waals surface area contributed by atoms with E-state index in [9.17, 15) is 0 Å². The van der Waals surface area contributed by atoms with Gasteiger partial charge < -0.3 is 10.6 Å². The molecule has 0 radical (unpaired) electrons. The van der Waals surface area contributed by atoms with Gasteiger partial charge in [0.2, 0.25) is 0 Å². The van der Waals surface area contributed by atoms with Crippen LogP contribution in [0.15, 0.2) is 24.3 Å². The Hall–Kier alpha value is -1.02. The molecule has 2 heteroatoms. The number of rotatable bonds is 4. The predicted molar refractivity (Wildman–Crippen MR) is 78.8 cm³/mol. The SMILES string of the molecule is CC[C@@H](N)c1ccccc1N1CCC(C(C)C)C1. The minimum absolute atomic E-state index is 0.166. The second-order valence-corrected chi connectivity index (χ2v) is 5.81. The predicted octanol–water partition coefficient (Wildman–Crippen LogP) is 3.58. The fourth-order valence-corrected chi connectivity index (χ4v) is 2.86. The molecular weight excluding hydrogens is 220 g/mol. The maximum absolute atomic E-state index is 6.23. The zero-order chi connectivity index (χ0) is 13.1. The lowest BCUT2D eigenvalue weighted by molar-refractivity contribution is 0.422. The van der Waals surface area contributed by atoms with E-state index in [1.54, 1.807) is 0 Å². The molecule has 1 saturated heterocycles. The number of anilines is 1. The lowest BCUT2D eigenvalue weighted by atomic mass is 9.95. The Kier molecular flexibility index (Phi) is 4.28. The van der Waals surface area contributed by atoms with Gasteiger partial charge in [0.25, 0.3) is 0 Å². The Morgan fingerprint density at radius 1 is 1.33 bits per heavy atom. The molecule has 1 aromatic rings. The smallest absolute Gasteiger partial charge is 0.0414 e. The van der Waals surface area contributed by atoms with E-state index in [1.165, 1.54) is 30.8 Å². The van der Waals surface area contributed by atoms with Gasteiger partial charge in [-0.05, 0) is 36.3 Å². The molecule has 1 aliphatic heterocycles. The molecule has 0 aromatic heterocycles. The van der Waals surface area contributed by atoms with Crippen molar-refractivity contribution in [2.45, 2.75) is 39.7 Å². The molecule has 1 fully saturated rings. The lowest BCUT2D eigenvalue weighted by Crippen LogP contribution is -2.24. The molecule has 0 amide bonds. The zero-order valence-corrected chi connectivity index (χ0v) is 11.9. The summed E-state index contributed by atoms with van der Waals surface area (Å²) >= 11 is 0. The summed E-state index contributed by atoms with van der Waals surface area (Å²) in [7, 11) is 0. The maximum Gasteiger partial charge on any atom is 0.0414 e. The van der Waals surface area contributed by atoms with E-state index >= 15 is 0 Å². The fraction of sp³-hybridized carbons (Fsp3) is 0.625. The first-order valence-corrected chi connectivity index (χ1v) is 7.23. The molecule has 1 aliphatic rings. The highest BCUT2D eigenvalue weighted by atomic mass is 15.2. The normalized spacial score (nSPS) is 21.6. The summed E-state index contributed by atoms with van der Waals surface area (Å²) in [6.07, 6.45) is 2.31. The third-order valence-electron chi connectivity index (χ3n) is 4.28. The van der Waals surface area contributed by atoms with Crippen molar-refractivity contribution >= 4 is 5.69 Å². The van der Waals surface area contributed by atoms with E-state index in [4.69, 9.17) is 5.73 Å². The Labute approximate surface area is 111 Å². The molecular formula is C16H26N2. The van der Waals surface area contributed by atoms with E-state index in [0.717, 1.165) is 18.3 Å². The van der Waals surface area contributed by atoms with Crippen LogP contribution in [0.4, 0.5) is 5.69 Å². The highest BCUT2D eigenvalue weighted by Gasteiger charge is 2.26. The van der Waals surface area contributed by atoms with Crippen molar-refractivity contribution in [1.29, 1.82) is 0 Å². The van der Waals surface area contributed by atoms with Gasteiger partial charge >= 0.3 is 0 Å². The van der Waals surface area contributed by atoms with Crippen LogP contribution in [0.2, 0.25) is 0 Å². The fourth-order valence-electron chi connectivity index (χ4n) is 2.86. The molecule has 2 rings (SSSR count). The lowest BCUT2D eigenvalue weighted by Gasteiger charge is -2.25. The van der Waals surface area contributed by atoms with Crippen molar-refractivity contribution in [3.8, 4) is 0 Å². The summed E-state index contributed by atoms with van der Waals surface area (Å²) in [5.41, 5.74) is 8.90. The van der Waals surface area contributed by atoms with E-state index in [0.29, 0.717) is 0 Å². The molecule has 0 aliphatic carbocycles. The third-order valence-corrected chi connectivity index (χ3v) is 4.28. The average Bonchev–Trinajstić information content (AvgIpc) is 2.87. The molecule has 2 atom stereocenters. The van der Waals surface area contributed by atoms with Gasteiger partial charge in [0.15, 0.2) is 0 Å². The van der Waals surface area contributed by atoms with Crippen LogP contribution in [-0.2, 0) is 0 Å². The van der Waals surface area contributed by atoms with Gasteiger partial charge in [-0.3, -0.25) is 0 Å². The van der Waals surface area contributed by atoms with Crippen LogP contribution >= 0.6 is 0 Å². The quantitative estimate of drug-likeness (QED) is 0.880. The highest BCUT2D eigenvalue weighted by Crippen LogP contribution is 2.32. The molecule has 100 valence electrons. The van der Waals surface area contributed by atoms with Crippen molar-refractivity contribution in [1.82, 2.24) is 0 Å². The van der Waals surface area contributed by atoms with Crippen molar-refractivity contribution in [2.75, 3.05) is 18.0 Å². The van der Waals surface area contributed by atoms with E-state index in [1.807, 2.05) is 0 Å². The Balaban J connectivity index is 2.19. The van der Waals surface area contributed by atoms with Crippen molar-refractivity contribution in [2.24, 2.45) is 17.6 Å². The minimum atomic E-state index is 0.166. The van der Waals surface area contributed by atoms with Gasteiger partial charge in [-0.1, -0.05) is 39.0 Å². The Morgan fingerprint density at radius 3 is 2.67 bits per heavy atom. The van der Waals surface area contributed by atoms with Gasteiger partial charge in [0, 0.05) is 24.8 Å². The largest absolute Gasteiger partial charge is 0.371 e. The first kappa shape index (κ1) is 13.4. The second-order valence-electron chi connectivity index (χ2n) is 5.81. The minimum Gasteiger partial charge on any atom is -0.371 e. The molecule has 1 heterocycles. The topological polar surface area (TPSA) is 29.3 Å². The number of benzene rings is 1. The summed E-state index contributed by atoms with van der Waals surface area (Å²) in [5.74, 6) is 1.61. The third kappa shape index (κ3) is 2.69. The first-order chi connectivity index (χ1) is 8.63. The summed E-state index contributed by atoms with van der Waals surface area (Å²) < 4.78 is 0. The number of nitrogens with zero attached hydrogens (tertiary/aromatic N) is 1. The van der Waals surface area contributed by atoms with Crippen molar-refractivity contribution in [3.63, 3.8) is 0 Å². The summed E-state index contributed by atoms with van der Waals surface area (Å²) in [4.78, 5) is 2.52. The Morgan fingerprint density at radius 2 is 2.06 bits per heavy atom. The average molecular weight is 246 g/mol. The second kappa shape index (κ2) is 5.75. The number of hydrogen-bond donors (Lipinski definition) is 1. The number of nitrogens with two attached hydrogens (primary N) is 1. The van der Waals surface area contributed by atoms with Crippen LogP contribution in [0, 0.1) is 11.8 Å². The zero-order valence-electron chi connectivity index (χ0n) is 11.9. The van der Waals surface area contributed by atoms with E-state index in [2.05, 4.69) is 49.9 Å². The van der Waals surface area contributed by atoms with E-state index in [-0.39, 0.29) is 6.04 Å². The van der Waals surface area contributed by atoms with Crippen LogP contribution in [0.25, 0.3) is 0 Å². The van der Waals surface area contributed by atoms with Gasteiger partial charge in [-0.15, -0.1) is 0 Å². The van der Waals surface area contributed by atoms with E-state index < -0.39 is 0 Å². The molecule has 0 saturated carbocycles. The number of para-hydroxylation sites is 1. The van der Waals surface area contributed by atoms with Gasteiger partial charge in [-0.2, -0.15) is 0 Å². The summed E-state index contributed by atoms with van der Waals surface area (Å²) in [6.45, 7) is 9.18. The maximum atomic E-state index is 6.23. The Bertz CT molecular complexity index is 386. The van der Waals surface area contributed by atoms with Crippen LogP contribution in [0.3, 0.4) is 0 Å². The molecule has 0 bridgehead atoms. The standard InChI is InChI=1S/C16H26N2/c1-4-15(17)14-7-5-6-8-16(14)18-10-9-13(11-18)12(2)3/h5-8,12-13,15H,4,9-11,17H2,1-3H3/t13?,15-/m1/s1. The highest BCUT2D eigenvalue weighted by molar-refractivity contribution is 5.55. The van der Waals surface area contributed by atoms with Gasteiger partial charge in [-0.25, -0.2) is 0 Å². The first-order valence-electron chi connectivity index (χ1n) is 7.23. The number of hydrogen-bond acceptors (Lipinski definition) is 2. The van der Waals surface area contributed by atoms with Crippen LogP contribution in [0.5, 0.6) is 0 Å². The molecule has 2 N–H and O–H groups in total.